The topological polar surface area (TPSA) is 57.6 Å². The molecule has 1 heterocycles. The van der Waals surface area contributed by atoms with Crippen molar-refractivity contribution in [2.75, 3.05) is 0 Å². The van der Waals surface area contributed by atoms with Crippen LogP contribution in [0.5, 0.6) is 0 Å². The van der Waals surface area contributed by atoms with E-state index < -0.39 is 12.0 Å². The van der Waals surface area contributed by atoms with Crippen LogP contribution in [0.25, 0.3) is 6.08 Å². The molecule has 1 atom stereocenters. The first-order chi connectivity index (χ1) is 9.40. The Morgan fingerprint density at radius 2 is 2.05 bits per heavy atom. The van der Waals surface area contributed by atoms with Gasteiger partial charge in [-0.05, 0) is 30.7 Å². The van der Waals surface area contributed by atoms with Gasteiger partial charge in [0.25, 0.3) is 5.91 Å². The summed E-state index contributed by atoms with van der Waals surface area (Å²) in [6, 6.07) is 6.49. The summed E-state index contributed by atoms with van der Waals surface area (Å²) >= 11 is 9.54. The zero-order chi connectivity index (χ0) is 14.9. The highest BCUT2D eigenvalue weighted by molar-refractivity contribution is 9.10. The predicted octanol–water partition coefficient (Wildman–Crippen LogP) is 3.12. The Labute approximate surface area is 134 Å². The van der Waals surface area contributed by atoms with E-state index in [2.05, 4.69) is 15.9 Å². The van der Waals surface area contributed by atoms with Gasteiger partial charge in [0.05, 0.1) is 4.91 Å². The van der Waals surface area contributed by atoms with E-state index in [0.717, 1.165) is 26.7 Å². The summed E-state index contributed by atoms with van der Waals surface area (Å²) in [5.74, 6) is -1.44. The molecule has 1 amide bonds. The molecule has 1 fully saturated rings. The highest BCUT2D eigenvalue weighted by atomic mass is 79.9. The van der Waals surface area contributed by atoms with Gasteiger partial charge < -0.3 is 5.11 Å². The summed E-state index contributed by atoms with van der Waals surface area (Å²) in [5, 5.41) is 9.00. The molecule has 1 aliphatic rings. The van der Waals surface area contributed by atoms with E-state index in [4.69, 9.17) is 17.3 Å². The molecule has 1 aromatic carbocycles. The van der Waals surface area contributed by atoms with Crippen molar-refractivity contribution in [1.29, 1.82) is 0 Å². The number of nitrogens with zero attached hydrogens (tertiary/aromatic N) is 1. The third-order valence-corrected chi connectivity index (χ3v) is 4.60. The van der Waals surface area contributed by atoms with Crippen molar-refractivity contribution >= 4 is 62.2 Å². The first-order valence-electron chi connectivity index (χ1n) is 5.65. The third kappa shape index (κ3) is 3.11. The van der Waals surface area contributed by atoms with Crippen LogP contribution in [0.1, 0.15) is 12.5 Å². The molecular formula is C13H10BrNO3S2. The van der Waals surface area contributed by atoms with Crippen molar-refractivity contribution in [2.45, 2.75) is 13.0 Å². The number of carboxylic acids is 1. The minimum Gasteiger partial charge on any atom is -0.480 e. The van der Waals surface area contributed by atoms with Gasteiger partial charge >= 0.3 is 5.97 Å². The Bertz CT molecular complexity index is 613. The van der Waals surface area contributed by atoms with Crippen LogP contribution in [0.15, 0.2) is 33.6 Å². The average Bonchev–Trinajstić information content (AvgIpc) is 2.66. The van der Waals surface area contributed by atoms with Crippen molar-refractivity contribution in [2.24, 2.45) is 0 Å². The third-order valence-electron chi connectivity index (χ3n) is 2.74. The molecular weight excluding hydrogens is 362 g/mol. The Morgan fingerprint density at radius 1 is 1.45 bits per heavy atom. The molecule has 1 aliphatic heterocycles. The summed E-state index contributed by atoms with van der Waals surface area (Å²) in [4.78, 5) is 24.8. The zero-order valence-electron chi connectivity index (χ0n) is 10.4. The molecule has 104 valence electrons. The van der Waals surface area contributed by atoms with Gasteiger partial charge in [0.1, 0.15) is 10.4 Å². The Kier molecular flexibility index (Phi) is 4.62. The van der Waals surface area contributed by atoms with Crippen molar-refractivity contribution in [3.8, 4) is 0 Å². The normalized spacial score (nSPS) is 18.7. The van der Waals surface area contributed by atoms with Crippen LogP contribution in [0.3, 0.4) is 0 Å². The van der Waals surface area contributed by atoms with Gasteiger partial charge in [-0.3, -0.25) is 9.69 Å². The first kappa shape index (κ1) is 15.2. The molecule has 1 aromatic rings. The number of hydrogen-bond donors (Lipinski definition) is 1. The first-order valence-corrected chi connectivity index (χ1v) is 7.67. The van der Waals surface area contributed by atoms with E-state index in [1.54, 1.807) is 6.08 Å². The number of benzene rings is 1. The summed E-state index contributed by atoms with van der Waals surface area (Å²) in [6.45, 7) is 1.44. The molecule has 1 saturated heterocycles. The van der Waals surface area contributed by atoms with Crippen LogP contribution in [0.2, 0.25) is 0 Å². The molecule has 2 rings (SSSR count). The van der Waals surface area contributed by atoms with E-state index in [1.165, 1.54) is 6.92 Å². The number of hydrogen-bond acceptors (Lipinski definition) is 4. The number of halogens is 1. The van der Waals surface area contributed by atoms with Crippen LogP contribution in [0, 0.1) is 0 Å². The SMILES string of the molecule is CC(C(=O)O)N1C(=O)/C(=C/c2ccc(Br)cc2)SC1=S. The van der Waals surface area contributed by atoms with Crippen molar-refractivity contribution < 1.29 is 14.7 Å². The maximum atomic E-state index is 12.2. The van der Waals surface area contributed by atoms with Gasteiger partial charge in [0, 0.05) is 4.47 Å². The number of carboxylic acid groups (broad SMARTS) is 1. The van der Waals surface area contributed by atoms with E-state index in [9.17, 15) is 9.59 Å². The smallest absolute Gasteiger partial charge is 0.326 e. The molecule has 7 heteroatoms. The molecule has 0 spiro atoms. The largest absolute Gasteiger partial charge is 0.480 e. The molecule has 1 unspecified atom stereocenters. The summed E-state index contributed by atoms with van der Waals surface area (Å²) < 4.78 is 1.22. The molecule has 4 nitrogen and oxygen atoms in total. The highest BCUT2D eigenvalue weighted by Gasteiger charge is 2.38. The van der Waals surface area contributed by atoms with Gasteiger partial charge in [0.15, 0.2) is 0 Å². The quantitative estimate of drug-likeness (QED) is 0.653. The van der Waals surface area contributed by atoms with E-state index >= 15 is 0 Å². The predicted molar refractivity (Wildman–Crippen MR) is 86.3 cm³/mol. The molecule has 20 heavy (non-hydrogen) atoms. The number of thioether (sulfide) groups is 1. The number of carbonyl (C=O) groups is 2. The Balaban J connectivity index is 2.28. The van der Waals surface area contributed by atoms with Crippen molar-refractivity contribution in [3.05, 3.63) is 39.2 Å². The summed E-state index contributed by atoms with van der Waals surface area (Å²) in [5.41, 5.74) is 0.858. The molecule has 0 radical (unpaired) electrons. The fraction of sp³-hybridized carbons (Fsp3) is 0.154. The van der Waals surface area contributed by atoms with Crippen LogP contribution in [0.4, 0.5) is 0 Å². The zero-order valence-corrected chi connectivity index (χ0v) is 13.6. The van der Waals surface area contributed by atoms with E-state index in [0.29, 0.717) is 4.91 Å². The van der Waals surface area contributed by atoms with Gasteiger partial charge in [-0.15, -0.1) is 0 Å². The highest BCUT2D eigenvalue weighted by Crippen LogP contribution is 2.34. The standard InChI is InChI=1S/C13H10BrNO3S2/c1-7(12(17)18)15-11(16)10(20-13(15)19)6-8-2-4-9(14)5-3-8/h2-7H,1H3,(H,17,18)/b10-6-. The lowest BCUT2D eigenvalue weighted by molar-refractivity contribution is -0.144. The van der Waals surface area contributed by atoms with Gasteiger partial charge in [-0.2, -0.15) is 0 Å². The number of rotatable bonds is 3. The summed E-state index contributed by atoms with van der Waals surface area (Å²) in [7, 11) is 0. The lowest BCUT2D eigenvalue weighted by Crippen LogP contribution is -2.41. The minimum atomic E-state index is -1.08. The molecule has 0 bridgehead atoms. The Hall–Kier alpha value is -1.18. The van der Waals surface area contributed by atoms with Gasteiger partial charge in [-0.25, -0.2) is 4.79 Å². The molecule has 0 saturated carbocycles. The minimum absolute atomic E-state index is 0.272. The number of aliphatic carboxylic acids is 1. The van der Waals surface area contributed by atoms with Crippen LogP contribution in [-0.2, 0) is 9.59 Å². The van der Waals surface area contributed by atoms with Crippen LogP contribution >= 0.6 is 39.9 Å². The fourth-order valence-corrected chi connectivity index (χ4v) is 3.32. The lowest BCUT2D eigenvalue weighted by Gasteiger charge is -2.18. The van der Waals surface area contributed by atoms with E-state index in [1.807, 2.05) is 24.3 Å². The van der Waals surface area contributed by atoms with Gasteiger partial charge in [-0.1, -0.05) is 52.0 Å². The second-order valence-electron chi connectivity index (χ2n) is 4.12. The van der Waals surface area contributed by atoms with Crippen molar-refractivity contribution in [3.63, 3.8) is 0 Å². The second kappa shape index (κ2) is 6.07. The maximum Gasteiger partial charge on any atom is 0.326 e. The van der Waals surface area contributed by atoms with E-state index in [-0.39, 0.29) is 10.2 Å². The van der Waals surface area contributed by atoms with Crippen molar-refractivity contribution in [1.82, 2.24) is 4.90 Å². The molecule has 1 N–H and O–H groups in total. The summed E-state index contributed by atoms with van der Waals surface area (Å²) in [6.07, 6.45) is 1.71. The molecule has 0 aliphatic carbocycles. The van der Waals surface area contributed by atoms with Crippen LogP contribution < -0.4 is 0 Å². The Morgan fingerprint density at radius 3 is 2.60 bits per heavy atom. The monoisotopic (exact) mass is 371 g/mol. The van der Waals surface area contributed by atoms with Gasteiger partial charge in [0.2, 0.25) is 0 Å². The lowest BCUT2D eigenvalue weighted by atomic mass is 10.2. The second-order valence-corrected chi connectivity index (χ2v) is 6.71. The fourth-order valence-electron chi connectivity index (χ4n) is 1.63. The maximum absolute atomic E-state index is 12.2. The molecule has 0 aromatic heterocycles. The number of amides is 1. The average molecular weight is 372 g/mol. The van der Waals surface area contributed by atoms with Crippen LogP contribution in [-0.4, -0.2) is 32.2 Å². The number of carbonyl (C=O) groups excluding carboxylic acids is 1. The number of thiocarbonyl (C=S) groups is 1.